The summed E-state index contributed by atoms with van der Waals surface area (Å²) >= 11 is 0. The van der Waals surface area contributed by atoms with Crippen LogP contribution in [0.15, 0.2) is 4.42 Å². The van der Waals surface area contributed by atoms with Gasteiger partial charge in [-0.3, -0.25) is 9.59 Å². The van der Waals surface area contributed by atoms with Crippen molar-refractivity contribution in [1.29, 1.82) is 0 Å². The van der Waals surface area contributed by atoms with Crippen molar-refractivity contribution in [3.05, 3.63) is 11.8 Å². The van der Waals surface area contributed by atoms with Crippen LogP contribution in [0.25, 0.3) is 0 Å². The highest BCUT2D eigenvalue weighted by atomic mass is 16.4. The molecular weight excluding hydrogens is 284 g/mol. The first kappa shape index (κ1) is 16.5. The van der Waals surface area contributed by atoms with Crippen LogP contribution in [0.4, 0.5) is 0 Å². The molecule has 1 heterocycles. The van der Waals surface area contributed by atoms with Gasteiger partial charge in [0, 0.05) is 18.9 Å². The fourth-order valence-corrected chi connectivity index (χ4v) is 2.57. The van der Waals surface area contributed by atoms with Crippen LogP contribution in [-0.2, 0) is 9.59 Å². The number of aromatic nitrogens is 2. The molecule has 1 fully saturated rings. The minimum atomic E-state index is -0.940. The average Bonchev–Trinajstić information content (AvgIpc) is 3.02. The molecule has 0 bridgehead atoms. The second-order valence-electron chi connectivity index (χ2n) is 6.02. The summed E-state index contributed by atoms with van der Waals surface area (Å²) < 4.78 is 5.69. The zero-order valence-corrected chi connectivity index (χ0v) is 13.4. The highest BCUT2D eigenvalue weighted by Crippen LogP contribution is 2.32. The van der Waals surface area contributed by atoms with E-state index in [1.807, 2.05) is 0 Å². The molecular formula is C15H24N4O3. The summed E-state index contributed by atoms with van der Waals surface area (Å²) in [5.74, 6) is 0.157. The number of nitrogens with zero attached hydrogens (tertiary/aromatic N) is 2. The quantitative estimate of drug-likeness (QED) is 0.862. The Hall–Kier alpha value is -1.92. The van der Waals surface area contributed by atoms with Gasteiger partial charge in [0.05, 0.1) is 0 Å². The van der Waals surface area contributed by atoms with Gasteiger partial charge in [-0.2, -0.15) is 0 Å². The molecule has 1 aliphatic rings. The molecule has 0 aliphatic heterocycles. The number of carbonyl (C=O) groups excluding carboxylic acids is 2. The third kappa shape index (κ3) is 3.84. The molecule has 0 radical (unpaired) electrons. The first-order valence-corrected chi connectivity index (χ1v) is 7.88. The van der Waals surface area contributed by atoms with E-state index in [4.69, 9.17) is 4.42 Å². The van der Waals surface area contributed by atoms with E-state index in [9.17, 15) is 9.59 Å². The largest absolute Gasteiger partial charge is 0.422 e. The summed E-state index contributed by atoms with van der Waals surface area (Å²) in [4.78, 5) is 23.9. The average molecular weight is 308 g/mol. The summed E-state index contributed by atoms with van der Waals surface area (Å²) in [7, 11) is 1.51. The molecule has 0 aromatic carbocycles. The number of nitrogens with one attached hydrogen (secondary N) is 2. The third-order valence-electron chi connectivity index (χ3n) is 3.98. The van der Waals surface area contributed by atoms with Gasteiger partial charge in [0.1, 0.15) is 0 Å². The van der Waals surface area contributed by atoms with E-state index in [-0.39, 0.29) is 29.5 Å². The Kier molecular flexibility index (Phi) is 5.51. The molecule has 1 aromatic heterocycles. The number of rotatable bonds is 5. The molecule has 0 saturated heterocycles. The maximum Gasteiger partial charge on any atom is 0.252 e. The molecule has 1 atom stereocenters. The Balaban J connectivity index is 2.15. The zero-order chi connectivity index (χ0) is 16.1. The van der Waals surface area contributed by atoms with Gasteiger partial charge in [-0.05, 0) is 12.8 Å². The van der Waals surface area contributed by atoms with E-state index in [1.54, 1.807) is 13.8 Å². The molecule has 22 heavy (non-hydrogen) atoms. The number of hydrogen-bond acceptors (Lipinski definition) is 5. The van der Waals surface area contributed by atoms with Gasteiger partial charge in [-0.15, -0.1) is 10.2 Å². The van der Waals surface area contributed by atoms with Crippen molar-refractivity contribution in [2.75, 3.05) is 7.05 Å². The highest BCUT2D eigenvalue weighted by molar-refractivity contribution is 5.88. The Bertz CT molecular complexity index is 521. The maximum absolute atomic E-state index is 12.0. The van der Waals surface area contributed by atoms with E-state index >= 15 is 0 Å². The standard InChI is InChI=1S/C15H24N4O3/c1-9(2)12(20)17-11(13(21)16-3)15-19-18-14(22-15)10-7-5-4-6-8-10/h9-11H,4-8H2,1-3H3,(H,16,21)(H,17,20). The summed E-state index contributed by atoms with van der Waals surface area (Å²) in [6.45, 7) is 3.52. The Morgan fingerprint density at radius 3 is 2.41 bits per heavy atom. The van der Waals surface area contributed by atoms with Crippen molar-refractivity contribution in [3.8, 4) is 0 Å². The molecule has 2 N–H and O–H groups in total. The molecule has 1 aromatic rings. The van der Waals surface area contributed by atoms with Crippen molar-refractivity contribution >= 4 is 11.8 Å². The van der Waals surface area contributed by atoms with E-state index in [0.717, 1.165) is 25.7 Å². The number of carbonyl (C=O) groups is 2. The molecule has 1 saturated carbocycles. The van der Waals surface area contributed by atoms with Gasteiger partial charge < -0.3 is 15.1 Å². The van der Waals surface area contributed by atoms with Crippen molar-refractivity contribution in [2.45, 2.75) is 57.9 Å². The lowest BCUT2D eigenvalue weighted by atomic mass is 9.89. The van der Waals surface area contributed by atoms with Crippen molar-refractivity contribution in [1.82, 2.24) is 20.8 Å². The third-order valence-corrected chi connectivity index (χ3v) is 3.98. The fraction of sp³-hybridized carbons (Fsp3) is 0.733. The Morgan fingerprint density at radius 1 is 1.14 bits per heavy atom. The molecule has 0 spiro atoms. The molecule has 7 heteroatoms. The minimum absolute atomic E-state index is 0.147. The van der Waals surface area contributed by atoms with Crippen LogP contribution in [-0.4, -0.2) is 29.1 Å². The second kappa shape index (κ2) is 7.38. The normalized spacial score (nSPS) is 17.3. The van der Waals surface area contributed by atoms with Crippen LogP contribution < -0.4 is 10.6 Å². The van der Waals surface area contributed by atoms with Crippen molar-refractivity contribution < 1.29 is 14.0 Å². The van der Waals surface area contributed by atoms with E-state index in [1.165, 1.54) is 13.5 Å². The second-order valence-corrected chi connectivity index (χ2v) is 6.02. The molecule has 1 aliphatic carbocycles. The predicted octanol–water partition coefficient (Wildman–Crippen LogP) is 1.68. The molecule has 7 nitrogen and oxygen atoms in total. The first-order chi connectivity index (χ1) is 10.5. The number of likely N-dealkylation sites (N-methyl/N-ethyl adjacent to an activating group) is 1. The minimum Gasteiger partial charge on any atom is -0.422 e. The number of hydrogen-bond donors (Lipinski definition) is 2. The Labute approximate surface area is 130 Å². The Morgan fingerprint density at radius 2 is 1.82 bits per heavy atom. The van der Waals surface area contributed by atoms with Gasteiger partial charge in [-0.25, -0.2) is 0 Å². The van der Waals surface area contributed by atoms with E-state index < -0.39 is 6.04 Å². The van der Waals surface area contributed by atoms with Gasteiger partial charge >= 0.3 is 0 Å². The highest BCUT2D eigenvalue weighted by Gasteiger charge is 2.30. The fourth-order valence-electron chi connectivity index (χ4n) is 2.57. The maximum atomic E-state index is 12.0. The van der Waals surface area contributed by atoms with Crippen LogP contribution in [0.3, 0.4) is 0 Å². The summed E-state index contributed by atoms with van der Waals surface area (Å²) in [6.07, 6.45) is 5.62. The van der Waals surface area contributed by atoms with Crippen LogP contribution >= 0.6 is 0 Å². The SMILES string of the molecule is CNC(=O)C(NC(=O)C(C)C)c1nnc(C2CCCCC2)o1. The van der Waals surface area contributed by atoms with Gasteiger partial charge in [0.2, 0.25) is 17.7 Å². The van der Waals surface area contributed by atoms with Crippen LogP contribution in [0.2, 0.25) is 0 Å². The lowest BCUT2D eigenvalue weighted by Gasteiger charge is -2.18. The van der Waals surface area contributed by atoms with Crippen molar-refractivity contribution in [3.63, 3.8) is 0 Å². The van der Waals surface area contributed by atoms with Gasteiger partial charge in [0.25, 0.3) is 5.91 Å². The molecule has 2 rings (SSSR count). The van der Waals surface area contributed by atoms with Crippen LogP contribution in [0, 0.1) is 5.92 Å². The summed E-state index contributed by atoms with van der Waals surface area (Å²) in [5.41, 5.74) is 0. The monoisotopic (exact) mass is 308 g/mol. The van der Waals surface area contributed by atoms with E-state index in [2.05, 4.69) is 20.8 Å². The predicted molar refractivity (Wildman–Crippen MR) is 79.9 cm³/mol. The smallest absolute Gasteiger partial charge is 0.252 e. The lowest BCUT2D eigenvalue weighted by Crippen LogP contribution is -2.40. The van der Waals surface area contributed by atoms with Crippen LogP contribution in [0.5, 0.6) is 0 Å². The first-order valence-electron chi connectivity index (χ1n) is 7.88. The van der Waals surface area contributed by atoms with Gasteiger partial charge in [-0.1, -0.05) is 33.1 Å². The van der Waals surface area contributed by atoms with Crippen molar-refractivity contribution in [2.24, 2.45) is 5.92 Å². The van der Waals surface area contributed by atoms with E-state index in [0.29, 0.717) is 5.89 Å². The topological polar surface area (TPSA) is 97.1 Å². The summed E-state index contributed by atoms with van der Waals surface area (Å²) in [5, 5.41) is 13.2. The van der Waals surface area contributed by atoms with Gasteiger partial charge in [0.15, 0.2) is 6.04 Å². The zero-order valence-electron chi connectivity index (χ0n) is 13.4. The molecule has 2 amide bonds. The summed E-state index contributed by atoms with van der Waals surface area (Å²) in [6, 6.07) is -0.940. The molecule has 122 valence electrons. The van der Waals surface area contributed by atoms with Crippen LogP contribution in [0.1, 0.15) is 69.7 Å². The molecule has 1 unspecified atom stereocenters. The lowest BCUT2D eigenvalue weighted by molar-refractivity contribution is -0.131. The number of amides is 2.